The van der Waals surface area contributed by atoms with Gasteiger partial charge < -0.3 is 10.2 Å². The minimum Gasteiger partial charge on any atom is -0.352 e. The fraction of sp³-hybridized carbons (Fsp3) is 0.391. The highest BCUT2D eigenvalue weighted by Crippen LogP contribution is 2.35. The number of nitrogens with one attached hydrogen (secondary N) is 1. The van der Waals surface area contributed by atoms with Gasteiger partial charge in [-0.3, -0.25) is 13.9 Å². The first kappa shape index (κ1) is 28.2. The van der Waals surface area contributed by atoms with Gasteiger partial charge in [0.05, 0.1) is 27.0 Å². The Bertz CT molecular complexity index is 1170. The van der Waals surface area contributed by atoms with Gasteiger partial charge in [0, 0.05) is 12.6 Å². The summed E-state index contributed by atoms with van der Waals surface area (Å²) < 4.78 is 26.1. The molecule has 0 saturated heterocycles. The van der Waals surface area contributed by atoms with Gasteiger partial charge in [-0.25, -0.2) is 8.42 Å². The molecule has 0 radical (unpaired) electrons. The number of aryl methyl sites for hydroxylation is 1. The molecule has 11 heteroatoms. The molecule has 0 aliphatic carbocycles. The number of sulfonamides is 1. The number of hydrogen-bond acceptors (Lipinski definition) is 4. The zero-order valence-corrected chi connectivity index (χ0v) is 22.7. The number of nitrogens with zero attached hydrogens (tertiary/aromatic N) is 2. The summed E-state index contributed by atoms with van der Waals surface area (Å²) in [6, 6.07) is 9.12. The van der Waals surface area contributed by atoms with Crippen molar-refractivity contribution in [1.82, 2.24) is 10.2 Å². The molecule has 34 heavy (non-hydrogen) atoms. The van der Waals surface area contributed by atoms with Crippen LogP contribution in [0.15, 0.2) is 36.4 Å². The summed E-state index contributed by atoms with van der Waals surface area (Å²) in [4.78, 5) is 27.6. The minimum absolute atomic E-state index is 0.0155. The normalized spacial score (nSPS) is 12.4. The second-order valence-electron chi connectivity index (χ2n) is 8.34. The third-order valence-corrected chi connectivity index (χ3v) is 7.12. The quantitative estimate of drug-likeness (QED) is 0.462. The van der Waals surface area contributed by atoms with Crippen LogP contribution < -0.4 is 9.62 Å². The third-order valence-electron chi connectivity index (χ3n) is 4.97. The largest absolute Gasteiger partial charge is 0.352 e. The molecule has 1 atom stereocenters. The maximum absolute atomic E-state index is 13.5. The van der Waals surface area contributed by atoms with Crippen molar-refractivity contribution in [1.29, 1.82) is 0 Å². The van der Waals surface area contributed by atoms with Crippen molar-refractivity contribution in [3.05, 3.63) is 62.6 Å². The van der Waals surface area contributed by atoms with Gasteiger partial charge in [0.1, 0.15) is 12.6 Å². The molecule has 186 valence electrons. The molecule has 0 bridgehead atoms. The summed E-state index contributed by atoms with van der Waals surface area (Å²) in [5, 5.41) is 3.05. The maximum atomic E-state index is 13.5. The molecule has 0 heterocycles. The zero-order chi connectivity index (χ0) is 25.8. The van der Waals surface area contributed by atoms with E-state index < -0.39 is 28.5 Å². The first-order valence-corrected chi connectivity index (χ1v) is 13.5. The predicted octanol–water partition coefficient (Wildman–Crippen LogP) is 4.66. The lowest BCUT2D eigenvalue weighted by Crippen LogP contribution is -2.52. The number of amides is 2. The van der Waals surface area contributed by atoms with Crippen LogP contribution in [0.1, 0.15) is 31.9 Å². The van der Waals surface area contributed by atoms with E-state index in [0.29, 0.717) is 0 Å². The summed E-state index contributed by atoms with van der Waals surface area (Å²) >= 11 is 18.3. The van der Waals surface area contributed by atoms with Crippen molar-refractivity contribution in [2.75, 3.05) is 17.1 Å². The molecule has 0 saturated carbocycles. The van der Waals surface area contributed by atoms with Crippen LogP contribution in [0.5, 0.6) is 0 Å². The zero-order valence-electron chi connectivity index (χ0n) is 19.6. The number of rotatable bonds is 9. The van der Waals surface area contributed by atoms with Crippen LogP contribution in [-0.2, 0) is 26.2 Å². The summed E-state index contributed by atoms with van der Waals surface area (Å²) in [5.41, 5.74) is 1.81. The molecular weight excluding hydrogens is 521 g/mol. The van der Waals surface area contributed by atoms with Gasteiger partial charge in [-0.05, 0) is 45.4 Å². The van der Waals surface area contributed by atoms with Gasteiger partial charge in [-0.15, -0.1) is 0 Å². The number of halogens is 3. The van der Waals surface area contributed by atoms with E-state index in [1.54, 1.807) is 6.92 Å². The Morgan fingerprint density at radius 1 is 1.00 bits per heavy atom. The fourth-order valence-corrected chi connectivity index (χ4v) is 4.84. The summed E-state index contributed by atoms with van der Waals surface area (Å²) in [6.07, 6.45) is 0.957. The van der Waals surface area contributed by atoms with E-state index in [2.05, 4.69) is 5.32 Å². The van der Waals surface area contributed by atoms with Crippen LogP contribution in [0.3, 0.4) is 0 Å². The number of carbonyl (C=O) groups excluding carboxylic acids is 2. The Labute approximate surface area is 216 Å². The van der Waals surface area contributed by atoms with Gasteiger partial charge in [-0.2, -0.15) is 0 Å². The monoisotopic (exact) mass is 547 g/mol. The summed E-state index contributed by atoms with van der Waals surface area (Å²) in [6.45, 7) is 6.68. The van der Waals surface area contributed by atoms with Crippen molar-refractivity contribution in [2.45, 2.75) is 46.3 Å². The van der Waals surface area contributed by atoms with Crippen molar-refractivity contribution in [3.63, 3.8) is 0 Å². The highest BCUT2D eigenvalue weighted by molar-refractivity contribution is 7.92. The molecule has 0 fully saturated rings. The Hall–Kier alpha value is -2.00. The lowest BCUT2D eigenvalue weighted by atomic mass is 10.1. The first-order valence-electron chi connectivity index (χ1n) is 10.5. The van der Waals surface area contributed by atoms with E-state index in [4.69, 9.17) is 34.8 Å². The molecule has 0 aliphatic heterocycles. The molecule has 1 N–H and O–H groups in total. The fourth-order valence-electron chi connectivity index (χ4n) is 3.29. The van der Waals surface area contributed by atoms with Crippen molar-refractivity contribution in [3.8, 4) is 0 Å². The lowest BCUT2D eigenvalue weighted by Gasteiger charge is -2.32. The Balaban J connectivity index is 2.46. The topological polar surface area (TPSA) is 86.8 Å². The van der Waals surface area contributed by atoms with Crippen LogP contribution in [0.25, 0.3) is 0 Å². The molecule has 0 spiro atoms. The molecule has 0 aromatic heterocycles. The van der Waals surface area contributed by atoms with Gasteiger partial charge in [-0.1, -0.05) is 64.6 Å². The molecule has 7 nitrogen and oxygen atoms in total. The van der Waals surface area contributed by atoms with Crippen molar-refractivity contribution < 1.29 is 18.0 Å². The lowest BCUT2D eigenvalue weighted by molar-refractivity contribution is -0.139. The minimum atomic E-state index is -3.94. The molecule has 0 unspecified atom stereocenters. The second-order valence-corrected chi connectivity index (χ2v) is 11.5. The van der Waals surface area contributed by atoms with Gasteiger partial charge >= 0.3 is 0 Å². The molecule has 2 rings (SSSR count). The van der Waals surface area contributed by atoms with Gasteiger partial charge in [0.25, 0.3) is 0 Å². The maximum Gasteiger partial charge on any atom is 0.244 e. The van der Waals surface area contributed by atoms with E-state index in [-0.39, 0.29) is 39.2 Å². The molecule has 0 aliphatic rings. The van der Waals surface area contributed by atoms with Crippen LogP contribution in [0.2, 0.25) is 15.1 Å². The standard InChI is InChI=1S/C23H28Cl3N3O4S/c1-14(2)27-23(31)16(4)28(12-17-8-6-7-15(3)9-17)22(30)13-29(34(5,32)33)21-11-19(25)18(24)10-20(21)26/h6-11,14,16H,12-13H2,1-5H3,(H,27,31)/t16-/m0/s1. The average Bonchev–Trinajstić information content (AvgIpc) is 2.71. The number of benzene rings is 2. The van der Waals surface area contributed by atoms with E-state index in [0.717, 1.165) is 21.7 Å². The van der Waals surface area contributed by atoms with Gasteiger partial charge in [0.15, 0.2) is 0 Å². The Morgan fingerprint density at radius 3 is 2.18 bits per heavy atom. The van der Waals surface area contributed by atoms with Crippen molar-refractivity contribution >= 4 is 62.3 Å². The molecule has 2 aromatic rings. The number of hydrogen-bond donors (Lipinski definition) is 1. The predicted molar refractivity (Wildman–Crippen MR) is 138 cm³/mol. The number of anilines is 1. The highest BCUT2D eigenvalue weighted by atomic mass is 35.5. The van der Waals surface area contributed by atoms with E-state index in [9.17, 15) is 18.0 Å². The van der Waals surface area contributed by atoms with E-state index >= 15 is 0 Å². The van der Waals surface area contributed by atoms with Crippen LogP contribution in [-0.4, -0.2) is 50.0 Å². The molecular formula is C23H28Cl3N3O4S. The van der Waals surface area contributed by atoms with Crippen LogP contribution >= 0.6 is 34.8 Å². The van der Waals surface area contributed by atoms with Crippen LogP contribution in [0.4, 0.5) is 5.69 Å². The second kappa shape index (κ2) is 11.6. The summed E-state index contributed by atoms with van der Waals surface area (Å²) in [7, 11) is -3.94. The molecule has 2 aromatic carbocycles. The number of carbonyl (C=O) groups is 2. The molecule has 2 amide bonds. The van der Waals surface area contributed by atoms with E-state index in [1.165, 1.54) is 17.0 Å². The third kappa shape index (κ3) is 7.50. The van der Waals surface area contributed by atoms with Gasteiger partial charge in [0.2, 0.25) is 21.8 Å². The van der Waals surface area contributed by atoms with Crippen molar-refractivity contribution in [2.24, 2.45) is 0 Å². The average molecular weight is 549 g/mol. The highest BCUT2D eigenvalue weighted by Gasteiger charge is 2.31. The first-order chi connectivity index (χ1) is 15.7. The van der Waals surface area contributed by atoms with E-state index in [1.807, 2.05) is 45.0 Å². The Kier molecular flexibility index (Phi) is 9.65. The smallest absolute Gasteiger partial charge is 0.244 e. The summed E-state index contributed by atoms with van der Waals surface area (Å²) in [5.74, 6) is -0.935. The SMILES string of the molecule is Cc1cccc(CN(C(=O)CN(c2cc(Cl)c(Cl)cc2Cl)S(C)(=O)=O)[C@@H](C)C(=O)NC(C)C)c1. The Morgan fingerprint density at radius 2 is 1.62 bits per heavy atom. The van der Waals surface area contributed by atoms with Crippen LogP contribution in [0, 0.1) is 6.92 Å².